The zero-order valence-electron chi connectivity index (χ0n) is 15.4. The van der Waals surface area contributed by atoms with Crippen LogP contribution in [0.3, 0.4) is 0 Å². The largest absolute Gasteiger partial charge is 0.351 e. The predicted octanol–water partition coefficient (Wildman–Crippen LogP) is 4.93. The highest BCUT2D eigenvalue weighted by Crippen LogP contribution is 2.27. The Bertz CT molecular complexity index is 1380. The van der Waals surface area contributed by atoms with Crippen molar-refractivity contribution in [2.24, 2.45) is 0 Å². The molecule has 140 valence electrons. The fourth-order valence-electron chi connectivity index (χ4n) is 3.58. The van der Waals surface area contributed by atoms with E-state index in [-0.39, 0.29) is 11.5 Å². The standard InChI is InChI=1S/C24H17N3O2/c28-23-19-7-3-2-6-18(19)20(14-25-23)15-9-11-17(12-10-15)26-24(29)22-13-16-5-1-4-8-21(16)27-22/h1-14,27H,(H,25,28)(H,26,29). The highest BCUT2D eigenvalue weighted by molar-refractivity contribution is 6.06. The van der Waals surface area contributed by atoms with E-state index in [2.05, 4.69) is 15.3 Å². The van der Waals surface area contributed by atoms with Gasteiger partial charge in [-0.25, -0.2) is 0 Å². The molecule has 3 N–H and O–H groups in total. The highest BCUT2D eigenvalue weighted by Gasteiger charge is 2.11. The molecule has 0 fully saturated rings. The van der Waals surface area contributed by atoms with E-state index in [0.29, 0.717) is 16.8 Å². The van der Waals surface area contributed by atoms with Crippen molar-refractivity contribution < 1.29 is 4.79 Å². The van der Waals surface area contributed by atoms with Crippen molar-refractivity contribution in [3.8, 4) is 11.1 Å². The molecule has 3 aromatic carbocycles. The number of carbonyl (C=O) groups is 1. The number of carbonyl (C=O) groups excluding carboxylic acids is 1. The second-order valence-electron chi connectivity index (χ2n) is 6.88. The predicted molar refractivity (Wildman–Crippen MR) is 116 cm³/mol. The topological polar surface area (TPSA) is 77.8 Å². The zero-order chi connectivity index (χ0) is 19.8. The molecule has 5 nitrogen and oxygen atoms in total. The van der Waals surface area contributed by atoms with Crippen molar-refractivity contribution in [3.63, 3.8) is 0 Å². The fourth-order valence-corrected chi connectivity index (χ4v) is 3.58. The summed E-state index contributed by atoms with van der Waals surface area (Å²) in [6.07, 6.45) is 1.72. The van der Waals surface area contributed by atoms with Gasteiger partial charge in [-0.1, -0.05) is 48.5 Å². The third-order valence-electron chi connectivity index (χ3n) is 5.04. The smallest absolute Gasteiger partial charge is 0.272 e. The Morgan fingerprint density at radius 3 is 2.34 bits per heavy atom. The Kier molecular flexibility index (Phi) is 3.99. The van der Waals surface area contributed by atoms with Gasteiger partial charge in [0.1, 0.15) is 5.69 Å². The van der Waals surface area contributed by atoms with E-state index in [4.69, 9.17) is 0 Å². The monoisotopic (exact) mass is 379 g/mol. The number of rotatable bonds is 3. The molecule has 5 aromatic rings. The molecule has 0 aliphatic heterocycles. The van der Waals surface area contributed by atoms with Crippen molar-refractivity contribution in [1.29, 1.82) is 0 Å². The van der Waals surface area contributed by atoms with Crippen LogP contribution in [-0.2, 0) is 0 Å². The molecule has 2 heterocycles. The molecule has 0 bridgehead atoms. The maximum atomic E-state index is 12.6. The van der Waals surface area contributed by atoms with Crippen molar-refractivity contribution >= 4 is 33.3 Å². The fraction of sp³-hybridized carbons (Fsp3) is 0. The zero-order valence-corrected chi connectivity index (χ0v) is 15.4. The lowest BCUT2D eigenvalue weighted by atomic mass is 10.0. The van der Waals surface area contributed by atoms with Gasteiger partial charge < -0.3 is 15.3 Å². The molecule has 2 aromatic heterocycles. The summed E-state index contributed by atoms with van der Waals surface area (Å²) in [6.45, 7) is 0. The van der Waals surface area contributed by atoms with Crippen LogP contribution in [0.25, 0.3) is 32.8 Å². The summed E-state index contributed by atoms with van der Waals surface area (Å²) in [5.41, 5.74) is 3.94. The first-order valence-corrected chi connectivity index (χ1v) is 9.29. The molecular weight excluding hydrogens is 362 g/mol. The van der Waals surface area contributed by atoms with E-state index in [1.807, 2.05) is 78.9 Å². The van der Waals surface area contributed by atoms with E-state index in [1.54, 1.807) is 6.20 Å². The molecule has 0 aliphatic carbocycles. The normalized spacial score (nSPS) is 11.0. The minimum Gasteiger partial charge on any atom is -0.351 e. The van der Waals surface area contributed by atoms with Crippen LogP contribution in [0.1, 0.15) is 10.5 Å². The molecule has 0 unspecified atom stereocenters. The lowest BCUT2D eigenvalue weighted by Crippen LogP contribution is -2.12. The van der Waals surface area contributed by atoms with Crippen LogP contribution < -0.4 is 10.9 Å². The number of aromatic amines is 2. The molecule has 0 aliphatic rings. The van der Waals surface area contributed by atoms with Gasteiger partial charge in [0.25, 0.3) is 11.5 Å². The average molecular weight is 379 g/mol. The van der Waals surface area contributed by atoms with Crippen LogP contribution in [0.2, 0.25) is 0 Å². The molecule has 5 rings (SSSR count). The van der Waals surface area contributed by atoms with Gasteiger partial charge >= 0.3 is 0 Å². The van der Waals surface area contributed by atoms with Gasteiger partial charge in [0, 0.05) is 33.7 Å². The number of anilines is 1. The SMILES string of the molecule is O=C(Nc1ccc(-c2c[nH]c(=O)c3ccccc23)cc1)c1cc2ccccc2[nH]1. The third-order valence-corrected chi connectivity index (χ3v) is 5.04. The first kappa shape index (κ1) is 17.0. The lowest BCUT2D eigenvalue weighted by molar-refractivity contribution is 0.102. The molecule has 0 saturated carbocycles. The van der Waals surface area contributed by atoms with Crippen LogP contribution in [0.15, 0.2) is 89.9 Å². The number of benzene rings is 3. The summed E-state index contributed by atoms with van der Waals surface area (Å²) < 4.78 is 0. The Morgan fingerprint density at radius 2 is 1.55 bits per heavy atom. The van der Waals surface area contributed by atoms with Gasteiger partial charge in [-0.3, -0.25) is 9.59 Å². The van der Waals surface area contributed by atoms with Gasteiger partial charge in [0.05, 0.1) is 0 Å². The number of fused-ring (bicyclic) bond motifs is 2. The van der Waals surface area contributed by atoms with Gasteiger partial charge in [-0.2, -0.15) is 0 Å². The van der Waals surface area contributed by atoms with Crippen LogP contribution >= 0.6 is 0 Å². The summed E-state index contributed by atoms with van der Waals surface area (Å²) in [5.74, 6) is -0.191. The second-order valence-corrected chi connectivity index (χ2v) is 6.88. The van der Waals surface area contributed by atoms with E-state index in [1.165, 1.54) is 0 Å². The first-order valence-electron chi connectivity index (χ1n) is 9.29. The lowest BCUT2D eigenvalue weighted by Gasteiger charge is -2.08. The Balaban J connectivity index is 1.43. The number of H-pyrrole nitrogens is 2. The van der Waals surface area contributed by atoms with Gasteiger partial charge in [-0.15, -0.1) is 0 Å². The Hall–Kier alpha value is -4.12. The number of pyridine rings is 1. The number of para-hydroxylation sites is 1. The van der Waals surface area contributed by atoms with Crippen LogP contribution in [0.5, 0.6) is 0 Å². The van der Waals surface area contributed by atoms with Gasteiger partial charge in [0.2, 0.25) is 0 Å². The minimum absolute atomic E-state index is 0.105. The number of amides is 1. The van der Waals surface area contributed by atoms with E-state index >= 15 is 0 Å². The molecule has 29 heavy (non-hydrogen) atoms. The van der Waals surface area contributed by atoms with Crippen LogP contribution in [0, 0.1) is 0 Å². The second kappa shape index (κ2) is 6.80. The Labute approximate surface area is 166 Å². The minimum atomic E-state index is -0.191. The number of hydrogen-bond acceptors (Lipinski definition) is 2. The number of nitrogens with one attached hydrogen (secondary N) is 3. The molecule has 0 atom stereocenters. The average Bonchev–Trinajstić information content (AvgIpc) is 3.20. The molecule has 0 spiro atoms. The maximum Gasteiger partial charge on any atom is 0.272 e. The Morgan fingerprint density at radius 1 is 0.828 bits per heavy atom. The van der Waals surface area contributed by atoms with Gasteiger partial charge in [0.15, 0.2) is 0 Å². The van der Waals surface area contributed by atoms with E-state index < -0.39 is 0 Å². The molecule has 0 saturated heterocycles. The van der Waals surface area contributed by atoms with Gasteiger partial charge in [-0.05, 0) is 41.3 Å². The van der Waals surface area contributed by atoms with Crippen LogP contribution in [-0.4, -0.2) is 15.9 Å². The summed E-state index contributed by atoms with van der Waals surface area (Å²) in [6, 6.07) is 24.7. The summed E-state index contributed by atoms with van der Waals surface area (Å²) in [7, 11) is 0. The quantitative estimate of drug-likeness (QED) is 0.416. The summed E-state index contributed by atoms with van der Waals surface area (Å²) in [4.78, 5) is 30.5. The highest BCUT2D eigenvalue weighted by atomic mass is 16.2. The van der Waals surface area contributed by atoms with E-state index in [0.717, 1.165) is 27.4 Å². The van der Waals surface area contributed by atoms with Crippen molar-refractivity contribution in [2.45, 2.75) is 0 Å². The number of aromatic nitrogens is 2. The summed E-state index contributed by atoms with van der Waals surface area (Å²) in [5, 5.41) is 5.46. The molecule has 5 heteroatoms. The number of hydrogen-bond donors (Lipinski definition) is 3. The maximum absolute atomic E-state index is 12.6. The summed E-state index contributed by atoms with van der Waals surface area (Å²) >= 11 is 0. The van der Waals surface area contributed by atoms with Crippen molar-refractivity contribution in [3.05, 3.63) is 101 Å². The third kappa shape index (κ3) is 3.08. The molecule has 0 radical (unpaired) electrons. The van der Waals surface area contributed by atoms with Crippen LogP contribution in [0.4, 0.5) is 5.69 Å². The molecular formula is C24H17N3O2. The van der Waals surface area contributed by atoms with Crippen molar-refractivity contribution in [1.82, 2.24) is 9.97 Å². The first-order chi connectivity index (χ1) is 14.2. The molecule has 1 amide bonds. The van der Waals surface area contributed by atoms with Crippen molar-refractivity contribution in [2.75, 3.05) is 5.32 Å². The van der Waals surface area contributed by atoms with E-state index in [9.17, 15) is 9.59 Å².